The van der Waals surface area contributed by atoms with Gasteiger partial charge in [0.25, 0.3) is 0 Å². The molecule has 0 aliphatic heterocycles. The van der Waals surface area contributed by atoms with Crippen molar-refractivity contribution in [1.29, 1.82) is 0 Å². The minimum atomic E-state index is -0.564. The van der Waals surface area contributed by atoms with Crippen molar-refractivity contribution in [3.05, 3.63) is 45.7 Å². The first kappa shape index (κ1) is 13.6. The molecule has 0 unspecified atom stereocenters. The van der Waals surface area contributed by atoms with Crippen LogP contribution in [0.5, 0.6) is 5.75 Å². The summed E-state index contributed by atoms with van der Waals surface area (Å²) in [5.41, 5.74) is 6.00. The van der Waals surface area contributed by atoms with Crippen LogP contribution < -0.4 is 10.5 Å². The molecule has 0 atom stereocenters. The third kappa shape index (κ3) is 2.97. The SMILES string of the molecule is COc1ccc(C(=O)c2csc(CCN)n2)cc1F. The molecule has 0 bridgehead atoms. The van der Waals surface area contributed by atoms with Gasteiger partial charge in [0.1, 0.15) is 5.69 Å². The molecule has 1 heterocycles. The molecular formula is C13H13FN2O2S. The Balaban J connectivity index is 2.25. The molecule has 1 aromatic heterocycles. The first-order valence-electron chi connectivity index (χ1n) is 5.68. The van der Waals surface area contributed by atoms with Crippen LogP contribution in [0.2, 0.25) is 0 Å². The number of rotatable bonds is 5. The molecule has 6 heteroatoms. The summed E-state index contributed by atoms with van der Waals surface area (Å²) in [6.45, 7) is 0.484. The molecule has 2 aromatic rings. The number of halogens is 1. The molecule has 0 aliphatic carbocycles. The summed E-state index contributed by atoms with van der Waals surface area (Å²) in [5, 5.41) is 2.47. The second-order valence-electron chi connectivity index (χ2n) is 3.84. The van der Waals surface area contributed by atoms with E-state index in [1.807, 2.05) is 0 Å². The smallest absolute Gasteiger partial charge is 0.212 e. The molecule has 19 heavy (non-hydrogen) atoms. The Labute approximate surface area is 114 Å². The maximum absolute atomic E-state index is 13.5. The van der Waals surface area contributed by atoms with E-state index in [9.17, 15) is 9.18 Å². The molecular weight excluding hydrogens is 267 g/mol. The molecule has 100 valence electrons. The fraction of sp³-hybridized carbons (Fsp3) is 0.231. The van der Waals surface area contributed by atoms with E-state index in [0.29, 0.717) is 18.7 Å². The molecule has 0 radical (unpaired) electrons. The lowest BCUT2D eigenvalue weighted by Crippen LogP contribution is -2.05. The van der Waals surface area contributed by atoms with Crippen molar-refractivity contribution < 1.29 is 13.9 Å². The second kappa shape index (κ2) is 5.90. The van der Waals surface area contributed by atoms with E-state index in [1.165, 1.54) is 30.6 Å². The standard InChI is InChI=1S/C13H13FN2O2S/c1-18-11-3-2-8(6-9(11)14)13(17)10-7-19-12(16-10)4-5-15/h2-3,6-7H,4-5,15H2,1H3. The number of carbonyl (C=O) groups is 1. The van der Waals surface area contributed by atoms with Crippen LogP contribution >= 0.6 is 11.3 Å². The summed E-state index contributed by atoms with van der Waals surface area (Å²) in [7, 11) is 1.37. The van der Waals surface area contributed by atoms with Crippen molar-refractivity contribution in [2.24, 2.45) is 5.73 Å². The van der Waals surface area contributed by atoms with Gasteiger partial charge in [0.15, 0.2) is 11.6 Å². The zero-order valence-corrected chi connectivity index (χ0v) is 11.2. The number of ether oxygens (including phenoxy) is 1. The number of hydrogen-bond acceptors (Lipinski definition) is 5. The predicted octanol–water partition coefficient (Wildman–Crippen LogP) is 2.02. The van der Waals surface area contributed by atoms with Crippen molar-refractivity contribution >= 4 is 17.1 Å². The highest BCUT2D eigenvalue weighted by Gasteiger charge is 2.15. The Morgan fingerprint density at radius 1 is 1.53 bits per heavy atom. The van der Waals surface area contributed by atoms with Gasteiger partial charge in [-0.25, -0.2) is 9.37 Å². The third-order valence-corrected chi connectivity index (χ3v) is 3.47. The Kier molecular flexibility index (Phi) is 4.24. The molecule has 2 rings (SSSR count). The summed E-state index contributed by atoms with van der Waals surface area (Å²) >= 11 is 1.38. The number of aromatic nitrogens is 1. The normalized spacial score (nSPS) is 10.5. The summed E-state index contributed by atoms with van der Waals surface area (Å²) in [6, 6.07) is 4.10. The van der Waals surface area contributed by atoms with Gasteiger partial charge in [-0.3, -0.25) is 4.79 Å². The van der Waals surface area contributed by atoms with Crippen LogP contribution in [0.3, 0.4) is 0 Å². The highest BCUT2D eigenvalue weighted by Crippen LogP contribution is 2.20. The van der Waals surface area contributed by atoms with Gasteiger partial charge in [-0.1, -0.05) is 0 Å². The number of methoxy groups -OCH3 is 1. The fourth-order valence-corrected chi connectivity index (χ4v) is 2.40. The maximum atomic E-state index is 13.5. The van der Waals surface area contributed by atoms with Crippen LogP contribution in [0.25, 0.3) is 0 Å². The summed E-state index contributed by atoms with van der Waals surface area (Å²) < 4.78 is 18.3. The maximum Gasteiger partial charge on any atom is 0.212 e. The zero-order chi connectivity index (χ0) is 13.8. The van der Waals surface area contributed by atoms with Gasteiger partial charge < -0.3 is 10.5 Å². The van der Waals surface area contributed by atoms with E-state index in [2.05, 4.69) is 4.98 Å². The van der Waals surface area contributed by atoms with Crippen molar-refractivity contribution in [3.63, 3.8) is 0 Å². The average Bonchev–Trinajstić information content (AvgIpc) is 2.87. The van der Waals surface area contributed by atoms with Crippen molar-refractivity contribution in [2.45, 2.75) is 6.42 Å². The lowest BCUT2D eigenvalue weighted by molar-refractivity contribution is 0.103. The number of benzene rings is 1. The first-order chi connectivity index (χ1) is 9.15. The van der Waals surface area contributed by atoms with E-state index in [0.717, 1.165) is 11.1 Å². The summed E-state index contributed by atoms with van der Waals surface area (Å²) in [4.78, 5) is 16.3. The number of nitrogens with zero attached hydrogens (tertiary/aromatic N) is 1. The molecule has 0 amide bonds. The molecule has 0 saturated heterocycles. The Morgan fingerprint density at radius 2 is 2.32 bits per heavy atom. The lowest BCUT2D eigenvalue weighted by atomic mass is 10.1. The monoisotopic (exact) mass is 280 g/mol. The van der Waals surface area contributed by atoms with Gasteiger partial charge in [-0.2, -0.15) is 0 Å². The Hall–Kier alpha value is -1.79. The van der Waals surface area contributed by atoms with Gasteiger partial charge in [-0.15, -0.1) is 11.3 Å². The van der Waals surface area contributed by atoms with Crippen molar-refractivity contribution in [1.82, 2.24) is 4.98 Å². The summed E-state index contributed by atoms with van der Waals surface area (Å²) in [5.74, 6) is -0.759. The number of carbonyl (C=O) groups excluding carboxylic acids is 1. The highest BCUT2D eigenvalue weighted by atomic mass is 32.1. The number of thiazole rings is 1. The largest absolute Gasteiger partial charge is 0.494 e. The molecule has 1 aromatic carbocycles. The van der Waals surface area contributed by atoms with E-state index < -0.39 is 5.82 Å². The molecule has 4 nitrogen and oxygen atoms in total. The summed E-state index contributed by atoms with van der Waals surface area (Å²) in [6.07, 6.45) is 0.634. The topological polar surface area (TPSA) is 65.2 Å². The van der Waals surface area contributed by atoms with Crippen LogP contribution in [0.1, 0.15) is 21.1 Å². The van der Waals surface area contributed by atoms with E-state index >= 15 is 0 Å². The average molecular weight is 280 g/mol. The van der Waals surface area contributed by atoms with Crippen LogP contribution in [0.15, 0.2) is 23.6 Å². The zero-order valence-electron chi connectivity index (χ0n) is 10.4. The lowest BCUT2D eigenvalue weighted by Gasteiger charge is -2.03. The number of ketones is 1. The molecule has 0 aliphatic rings. The van der Waals surface area contributed by atoms with Gasteiger partial charge in [-0.05, 0) is 24.7 Å². The Bertz CT molecular complexity index is 598. The van der Waals surface area contributed by atoms with E-state index in [-0.39, 0.29) is 17.1 Å². The van der Waals surface area contributed by atoms with E-state index in [1.54, 1.807) is 5.38 Å². The van der Waals surface area contributed by atoms with E-state index in [4.69, 9.17) is 10.5 Å². The van der Waals surface area contributed by atoms with Gasteiger partial charge in [0.05, 0.1) is 12.1 Å². The highest BCUT2D eigenvalue weighted by molar-refractivity contribution is 7.09. The second-order valence-corrected chi connectivity index (χ2v) is 4.79. The molecule has 0 saturated carbocycles. The molecule has 0 fully saturated rings. The van der Waals surface area contributed by atoms with Gasteiger partial charge >= 0.3 is 0 Å². The third-order valence-electron chi connectivity index (χ3n) is 2.56. The van der Waals surface area contributed by atoms with Crippen LogP contribution in [0, 0.1) is 5.82 Å². The van der Waals surface area contributed by atoms with Crippen LogP contribution in [0.4, 0.5) is 4.39 Å². The molecule has 2 N–H and O–H groups in total. The fourth-order valence-electron chi connectivity index (χ4n) is 1.61. The van der Waals surface area contributed by atoms with Crippen molar-refractivity contribution in [3.8, 4) is 5.75 Å². The molecule has 0 spiro atoms. The Morgan fingerprint density at radius 3 is 2.95 bits per heavy atom. The van der Waals surface area contributed by atoms with Gasteiger partial charge in [0, 0.05) is 17.4 Å². The predicted molar refractivity (Wildman–Crippen MR) is 71.3 cm³/mol. The quantitative estimate of drug-likeness (QED) is 0.851. The van der Waals surface area contributed by atoms with Gasteiger partial charge in [0.2, 0.25) is 5.78 Å². The van der Waals surface area contributed by atoms with Crippen LogP contribution in [-0.4, -0.2) is 24.4 Å². The first-order valence-corrected chi connectivity index (χ1v) is 6.56. The van der Waals surface area contributed by atoms with Crippen LogP contribution in [-0.2, 0) is 6.42 Å². The number of hydrogen-bond donors (Lipinski definition) is 1. The number of nitrogens with two attached hydrogens (primary N) is 1. The van der Waals surface area contributed by atoms with Crippen molar-refractivity contribution in [2.75, 3.05) is 13.7 Å². The minimum absolute atomic E-state index is 0.110. The minimum Gasteiger partial charge on any atom is -0.494 e.